The van der Waals surface area contributed by atoms with Crippen LogP contribution >= 0.6 is 0 Å². The first-order chi connectivity index (χ1) is 14.7. The summed E-state index contributed by atoms with van der Waals surface area (Å²) in [5, 5.41) is 13.5. The van der Waals surface area contributed by atoms with Crippen LogP contribution in [0.1, 0.15) is 54.7 Å². The summed E-state index contributed by atoms with van der Waals surface area (Å²) in [6, 6.07) is 13.5. The molecule has 7 heteroatoms. The van der Waals surface area contributed by atoms with Gasteiger partial charge in [-0.15, -0.1) is 0 Å². The Bertz CT molecular complexity index is 948. The minimum atomic E-state index is -2.59. The molecule has 3 atom stereocenters. The van der Waals surface area contributed by atoms with Crippen LogP contribution in [0.2, 0.25) is 0 Å². The Balaban J connectivity index is 1.36. The molecule has 2 aromatic carbocycles. The quantitative estimate of drug-likeness (QED) is 0.698. The first-order valence-electron chi connectivity index (χ1n) is 10.6. The number of alkyl halides is 2. The van der Waals surface area contributed by atoms with Crippen molar-refractivity contribution in [1.82, 2.24) is 10.2 Å². The number of benzene rings is 2. The van der Waals surface area contributed by atoms with E-state index in [-0.39, 0.29) is 25.0 Å². The fraction of sp³-hybridized carbons (Fsp3) is 0.458. The van der Waals surface area contributed by atoms with E-state index in [0.717, 1.165) is 22.3 Å². The Morgan fingerprint density at radius 3 is 2.65 bits per heavy atom. The Labute approximate surface area is 181 Å². The number of aliphatic hydroxyl groups excluding tert-OH is 1. The summed E-state index contributed by atoms with van der Waals surface area (Å²) < 4.78 is 31.6. The van der Waals surface area contributed by atoms with Gasteiger partial charge in [-0.05, 0) is 41.3 Å². The monoisotopic (exact) mass is 430 g/mol. The molecule has 166 valence electrons. The number of carbonyl (C=O) groups excluding carboxylic acids is 1. The number of nitrogens with zero attached hydrogens (tertiary/aromatic N) is 1. The van der Waals surface area contributed by atoms with Gasteiger partial charge in [0.25, 0.3) is 5.92 Å². The molecule has 0 spiro atoms. The van der Waals surface area contributed by atoms with Gasteiger partial charge in [-0.1, -0.05) is 30.3 Å². The van der Waals surface area contributed by atoms with Crippen LogP contribution in [0, 0.1) is 5.92 Å². The summed E-state index contributed by atoms with van der Waals surface area (Å²) in [6.07, 6.45) is -0.767. The van der Waals surface area contributed by atoms with E-state index in [4.69, 9.17) is 4.74 Å². The van der Waals surface area contributed by atoms with Gasteiger partial charge in [0.05, 0.1) is 24.7 Å². The van der Waals surface area contributed by atoms with Crippen molar-refractivity contribution >= 4 is 5.91 Å². The number of ether oxygens (including phenoxy) is 1. The third-order valence-electron chi connectivity index (χ3n) is 6.01. The molecular formula is C24H28F2N2O3. The number of amides is 1. The van der Waals surface area contributed by atoms with E-state index < -0.39 is 17.9 Å². The predicted molar refractivity (Wildman–Crippen MR) is 113 cm³/mol. The summed E-state index contributed by atoms with van der Waals surface area (Å²) in [7, 11) is 0. The number of aliphatic hydroxyl groups is 1. The van der Waals surface area contributed by atoms with E-state index in [0.29, 0.717) is 25.4 Å². The highest BCUT2D eigenvalue weighted by molar-refractivity contribution is 5.73. The van der Waals surface area contributed by atoms with Gasteiger partial charge in [0.2, 0.25) is 5.91 Å². The van der Waals surface area contributed by atoms with Crippen LogP contribution in [0.15, 0.2) is 42.5 Å². The van der Waals surface area contributed by atoms with E-state index in [9.17, 15) is 18.7 Å². The highest BCUT2D eigenvalue weighted by Gasteiger charge is 2.57. The first kappa shape index (κ1) is 21.7. The molecule has 1 saturated carbocycles. The Morgan fingerprint density at radius 2 is 2.00 bits per heavy atom. The minimum Gasteiger partial charge on any atom is -0.493 e. The molecule has 2 unspecified atom stereocenters. The average Bonchev–Trinajstić information content (AvgIpc) is 3.33. The zero-order chi connectivity index (χ0) is 22.2. The van der Waals surface area contributed by atoms with Gasteiger partial charge in [0.15, 0.2) is 0 Å². The van der Waals surface area contributed by atoms with Gasteiger partial charge in [-0.3, -0.25) is 9.69 Å². The standard InChI is InChI=1S/C24H28F2N2O3/c1-15(27-16(2)29)18-5-3-17(4-6-18)11-28-12-19-7-8-21(9-22(19)23(30)13-28)31-14-20-10-24(20,25)26/h3-9,15,20,23,30H,10-14H2,1-2H3,(H,27,29)/t15-,20?,23?/m0/s1. The number of fused-ring (bicyclic) bond motifs is 1. The second-order valence-corrected chi connectivity index (χ2v) is 8.68. The van der Waals surface area contributed by atoms with Crippen LogP contribution in [-0.4, -0.2) is 35.0 Å². The Morgan fingerprint density at radius 1 is 1.29 bits per heavy atom. The third-order valence-corrected chi connectivity index (χ3v) is 6.01. The number of halogens is 2. The van der Waals surface area contributed by atoms with Crippen molar-refractivity contribution in [3.63, 3.8) is 0 Å². The van der Waals surface area contributed by atoms with Crippen LogP contribution in [0.4, 0.5) is 8.78 Å². The number of β-amino-alcohol motifs (C(OH)–C–C–N with tert-alkyl or cyclic N) is 1. The molecule has 0 bridgehead atoms. The largest absolute Gasteiger partial charge is 0.493 e. The highest BCUT2D eigenvalue weighted by atomic mass is 19.3. The van der Waals surface area contributed by atoms with Crippen LogP contribution in [-0.2, 0) is 17.9 Å². The zero-order valence-electron chi connectivity index (χ0n) is 17.8. The summed E-state index contributed by atoms with van der Waals surface area (Å²) in [4.78, 5) is 13.4. The lowest BCUT2D eigenvalue weighted by Gasteiger charge is -2.32. The van der Waals surface area contributed by atoms with E-state index >= 15 is 0 Å². The lowest BCUT2D eigenvalue weighted by Crippen LogP contribution is -2.33. The maximum Gasteiger partial charge on any atom is 0.255 e. The second-order valence-electron chi connectivity index (χ2n) is 8.68. The van der Waals surface area contributed by atoms with Gasteiger partial charge in [0, 0.05) is 33.0 Å². The zero-order valence-corrected chi connectivity index (χ0v) is 17.8. The van der Waals surface area contributed by atoms with Crippen molar-refractivity contribution in [2.75, 3.05) is 13.2 Å². The van der Waals surface area contributed by atoms with Gasteiger partial charge in [-0.2, -0.15) is 0 Å². The topological polar surface area (TPSA) is 61.8 Å². The molecule has 2 N–H and O–H groups in total. The number of carbonyl (C=O) groups is 1. The van der Waals surface area contributed by atoms with Gasteiger partial charge >= 0.3 is 0 Å². The van der Waals surface area contributed by atoms with Crippen LogP contribution in [0.5, 0.6) is 5.75 Å². The number of rotatable bonds is 7. The van der Waals surface area contributed by atoms with Crippen molar-refractivity contribution in [3.05, 3.63) is 64.7 Å². The molecule has 1 fully saturated rings. The van der Waals surface area contributed by atoms with Crippen molar-refractivity contribution in [2.24, 2.45) is 5.92 Å². The molecule has 1 heterocycles. The lowest BCUT2D eigenvalue weighted by molar-refractivity contribution is -0.119. The average molecular weight is 430 g/mol. The van der Waals surface area contributed by atoms with E-state index in [1.54, 1.807) is 12.1 Å². The Hall–Kier alpha value is -2.51. The molecule has 1 aliphatic heterocycles. The Kier molecular flexibility index (Phi) is 5.99. The van der Waals surface area contributed by atoms with Crippen molar-refractivity contribution < 1.29 is 23.4 Å². The predicted octanol–water partition coefficient (Wildman–Crippen LogP) is 3.97. The number of hydrogen-bond donors (Lipinski definition) is 2. The molecule has 2 aromatic rings. The van der Waals surface area contributed by atoms with Crippen LogP contribution < -0.4 is 10.1 Å². The molecule has 31 heavy (non-hydrogen) atoms. The number of hydrogen-bond acceptors (Lipinski definition) is 4. The molecule has 1 amide bonds. The van der Waals surface area contributed by atoms with Crippen LogP contribution in [0.25, 0.3) is 0 Å². The van der Waals surface area contributed by atoms with E-state index in [1.807, 2.05) is 37.3 Å². The number of nitrogens with one attached hydrogen (secondary N) is 1. The maximum atomic E-state index is 13.0. The van der Waals surface area contributed by atoms with Crippen molar-refractivity contribution in [1.29, 1.82) is 0 Å². The normalized spacial score (nSPS) is 23.0. The molecule has 4 rings (SSSR count). The fourth-order valence-electron chi connectivity index (χ4n) is 4.09. The van der Waals surface area contributed by atoms with Crippen molar-refractivity contribution in [2.45, 2.75) is 51.4 Å². The fourth-order valence-corrected chi connectivity index (χ4v) is 4.09. The maximum absolute atomic E-state index is 13.0. The smallest absolute Gasteiger partial charge is 0.255 e. The van der Waals surface area contributed by atoms with Gasteiger partial charge in [-0.25, -0.2) is 8.78 Å². The molecule has 0 saturated heterocycles. The summed E-state index contributed by atoms with van der Waals surface area (Å²) in [6.45, 7) is 5.33. The summed E-state index contributed by atoms with van der Waals surface area (Å²) in [5.41, 5.74) is 3.98. The third kappa shape index (κ3) is 5.22. The van der Waals surface area contributed by atoms with Crippen LogP contribution in [0.3, 0.4) is 0 Å². The highest BCUT2D eigenvalue weighted by Crippen LogP contribution is 2.48. The first-order valence-corrected chi connectivity index (χ1v) is 10.6. The van der Waals surface area contributed by atoms with E-state index in [1.165, 1.54) is 6.92 Å². The van der Waals surface area contributed by atoms with E-state index in [2.05, 4.69) is 10.2 Å². The second kappa shape index (κ2) is 8.55. The molecule has 0 aromatic heterocycles. The molecule has 0 radical (unpaired) electrons. The van der Waals surface area contributed by atoms with Gasteiger partial charge < -0.3 is 15.2 Å². The molecular weight excluding hydrogens is 402 g/mol. The molecule has 1 aliphatic carbocycles. The molecule has 5 nitrogen and oxygen atoms in total. The molecule has 2 aliphatic rings. The van der Waals surface area contributed by atoms with Gasteiger partial charge in [0.1, 0.15) is 5.75 Å². The SMILES string of the molecule is CC(=O)N[C@@H](C)c1ccc(CN2Cc3ccc(OCC4CC4(F)F)cc3C(O)C2)cc1. The van der Waals surface area contributed by atoms with Crippen molar-refractivity contribution in [3.8, 4) is 5.75 Å². The lowest BCUT2D eigenvalue weighted by atomic mass is 9.96. The minimum absolute atomic E-state index is 0.00452. The summed E-state index contributed by atoms with van der Waals surface area (Å²) >= 11 is 0. The summed E-state index contributed by atoms with van der Waals surface area (Å²) in [5.74, 6) is -2.82.